The van der Waals surface area contributed by atoms with Gasteiger partial charge in [0.25, 0.3) is 0 Å². The molecular weight excluding hydrogens is 286 g/mol. The van der Waals surface area contributed by atoms with Gasteiger partial charge in [-0.3, -0.25) is 0 Å². The van der Waals surface area contributed by atoms with Crippen LogP contribution in [0.1, 0.15) is 5.01 Å². The first-order valence-electron chi connectivity index (χ1n) is 7.01. The van der Waals surface area contributed by atoms with E-state index in [0.29, 0.717) is 0 Å². The van der Waals surface area contributed by atoms with E-state index >= 15 is 0 Å². The van der Waals surface area contributed by atoms with E-state index in [0.717, 1.165) is 54.0 Å². The molecule has 2 heterocycles. The standard InChI is InChI=1S/C15H19N3O2S/c1-19-13-5-3-2-4-12(13)14-10-16-15(21-14)11-17-18-6-8-20-9-7-18/h2-5,10,17H,6-9,11H2,1H3. The Morgan fingerprint density at radius 1 is 1.33 bits per heavy atom. The zero-order valence-corrected chi connectivity index (χ0v) is 12.9. The van der Waals surface area contributed by atoms with Crippen LogP contribution in [0.15, 0.2) is 30.5 Å². The highest BCUT2D eigenvalue weighted by atomic mass is 32.1. The molecule has 3 rings (SSSR count). The molecule has 5 nitrogen and oxygen atoms in total. The average molecular weight is 305 g/mol. The quantitative estimate of drug-likeness (QED) is 0.917. The molecule has 112 valence electrons. The monoisotopic (exact) mass is 305 g/mol. The number of benzene rings is 1. The lowest BCUT2D eigenvalue weighted by Gasteiger charge is -2.26. The summed E-state index contributed by atoms with van der Waals surface area (Å²) in [6.07, 6.45) is 1.92. The molecule has 1 aliphatic heterocycles. The first kappa shape index (κ1) is 14.5. The lowest BCUT2D eigenvalue weighted by Crippen LogP contribution is -2.45. The van der Waals surface area contributed by atoms with E-state index in [2.05, 4.69) is 21.5 Å². The highest BCUT2D eigenvalue weighted by Crippen LogP contribution is 2.33. The van der Waals surface area contributed by atoms with Crippen molar-refractivity contribution in [3.63, 3.8) is 0 Å². The summed E-state index contributed by atoms with van der Waals surface area (Å²) in [7, 11) is 1.70. The molecule has 0 aliphatic carbocycles. The van der Waals surface area contributed by atoms with Crippen LogP contribution < -0.4 is 10.2 Å². The van der Waals surface area contributed by atoms with Crippen LogP contribution in [0.5, 0.6) is 5.75 Å². The van der Waals surface area contributed by atoms with E-state index in [1.54, 1.807) is 18.4 Å². The maximum Gasteiger partial charge on any atom is 0.127 e. The summed E-state index contributed by atoms with van der Waals surface area (Å²) in [5.74, 6) is 0.883. The largest absolute Gasteiger partial charge is 0.496 e. The van der Waals surface area contributed by atoms with Crippen LogP contribution in [0.4, 0.5) is 0 Å². The Balaban J connectivity index is 1.65. The van der Waals surface area contributed by atoms with Gasteiger partial charge in [-0.25, -0.2) is 15.4 Å². The highest BCUT2D eigenvalue weighted by Gasteiger charge is 2.12. The van der Waals surface area contributed by atoms with Crippen LogP contribution in [-0.4, -0.2) is 43.4 Å². The fraction of sp³-hybridized carbons (Fsp3) is 0.400. The normalized spacial score (nSPS) is 16.0. The van der Waals surface area contributed by atoms with Gasteiger partial charge < -0.3 is 9.47 Å². The number of hydrogen-bond donors (Lipinski definition) is 1. The number of morpholine rings is 1. The number of hydrogen-bond acceptors (Lipinski definition) is 6. The molecule has 0 spiro atoms. The molecule has 0 radical (unpaired) electrons. The average Bonchev–Trinajstić information content (AvgIpc) is 3.02. The maximum absolute atomic E-state index is 5.41. The minimum absolute atomic E-state index is 0.750. The van der Waals surface area contributed by atoms with E-state index in [1.807, 2.05) is 24.4 Å². The van der Waals surface area contributed by atoms with Crippen LogP contribution in [0.2, 0.25) is 0 Å². The number of nitrogens with one attached hydrogen (secondary N) is 1. The lowest BCUT2D eigenvalue weighted by molar-refractivity contribution is 0.0105. The Labute approximate surface area is 128 Å². The van der Waals surface area contributed by atoms with Crippen molar-refractivity contribution in [1.82, 2.24) is 15.4 Å². The van der Waals surface area contributed by atoms with Crippen molar-refractivity contribution in [3.05, 3.63) is 35.5 Å². The smallest absolute Gasteiger partial charge is 0.127 e. The Hall–Kier alpha value is -1.47. The third-order valence-electron chi connectivity index (χ3n) is 3.39. The van der Waals surface area contributed by atoms with Gasteiger partial charge in [0.05, 0.1) is 31.7 Å². The van der Waals surface area contributed by atoms with Crippen molar-refractivity contribution < 1.29 is 9.47 Å². The summed E-state index contributed by atoms with van der Waals surface area (Å²) >= 11 is 1.69. The predicted octanol–water partition coefficient (Wildman–Crippen LogP) is 2.16. The minimum Gasteiger partial charge on any atom is -0.496 e. The number of nitrogens with zero attached hydrogens (tertiary/aromatic N) is 2. The summed E-state index contributed by atoms with van der Waals surface area (Å²) in [6, 6.07) is 8.03. The summed E-state index contributed by atoms with van der Waals surface area (Å²) in [5, 5.41) is 3.26. The van der Waals surface area contributed by atoms with Crippen LogP contribution in [0.25, 0.3) is 10.4 Å². The molecule has 6 heteroatoms. The molecule has 1 aromatic heterocycles. The van der Waals surface area contributed by atoms with Gasteiger partial charge in [-0.05, 0) is 12.1 Å². The number of para-hydroxylation sites is 1. The first-order valence-corrected chi connectivity index (χ1v) is 7.83. The van der Waals surface area contributed by atoms with E-state index in [1.165, 1.54) is 0 Å². The Kier molecular flexibility index (Phi) is 4.82. The van der Waals surface area contributed by atoms with Crippen molar-refractivity contribution in [2.24, 2.45) is 0 Å². The fourth-order valence-electron chi connectivity index (χ4n) is 2.27. The van der Waals surface area contributed by atoms with Gasteiger partial charge in [0.2, 0.25) is 0 Å². The van der Waals surface area contributed by atoms with E-state index in [4.69, 9.17) is 9.47 Å². The molecule has 1 aliphatic rings. The number of hydrazine groups is 1. The minimum atomic E-state index is 0.750. The van der Waals surface area contributed by atoms with Gasteiger partial charge in [0.15, 0.2) is 0 Å². The predicted molar refractivity (Wildman–Crippen MR) is 83.3 cm³/mol. The second kappa shape index (κ2) is 7.00. The third kappa shape index (κ3) is 3.59. The second-order valence-corrected chi connectivity index (χ2v) is 5.87. The lowest BCUT2D eigenvalue weighted by atomic mass is 10.2. The molecule has 1 aromatic carbocycles. The number of rotatable bonds is 5. The number of aromatic nitrogens is 1. The van der Waals surface area contributed by atoms with Gasteiger partial charge in [-0.15, -0.1) is 11.3 Å². The van der Waals surface area contributed by atoms with E-state index in [9.17, 15) is 0 Å². The number of thiazole rings is 1. The van der Waals surface area contributed by atoms with Gasteiger partial charge in [-0.1, -0.05) is 12.1 Å². The molecule has 21 heavy (non-hydrogen) atoms. The molecule has 0 saturated carbocycles. The Morgan fingerprint density at radius 3 is 2.95 bits per heavy atom. The summed E-state index contributed by atoms with van der Waals surface area (Å²) < 4.78 is 10.7. The van der Waals surface area contributed by atoms with Crippen LogP contribution in [-0.2, 0) is 11.3 Å². The van der Waals surface area contributed by atoms with Crippen molar-refractivity contribution in [1.29, 1.82) is 0 Å². The molecule has 1 saturated heterocycles. The topological polar surface area (TPSA) is 46.6 Å². The Morgan fingerprint density at radius 2 is 2.14 bits per heavy atom. The van der Waals surface area contributed by atoms with Crippen LogP contribution in [0, 0.1) is 0 Å². The van der Waals surface area contributed by atoms with Crippen molar-refractivity contribution >= 4 is 11.3 Å². The Bertz CT molecular complexity index is 582. The molecule has 1 fully saturated rings. The molecule has 2 aromatic rings. The van der Waals surface area contributed by atoms with E-state index < -0.39 is 0 Å². The molecular formula is C15H19N3O2S. The van der Waals surface area contributed by atoms with Gasteiger partial charge in [0, 0.05) is 24.8 Å². The summed E-state index contributed by atoms with van der Waals surface area (Å²) in [5.41, 5.74) is 4.49. The van der Waals surface area contributed by atoms with Gasteiger partial charge in [-0.2, -0.15) is 0 Å². The molecule has 0 amide bonds. The summed E-state index contributed by atoms with van der Waals surface area (Å²) in [6.45, 7) is 4.17. The number of methoxy groups -OCH3 is 1. The van der Waals surface area contributed by atoms with Crippen molar-refractivity contribution in [2.75, 3.05) is 33.4 Å². The highest BCUT2D eigenvalue weighted by molar-refractivity contribution is 7.15. The van der Waals surface area contributed by atoms with Crippen LogP contribution in [0.3, 0.4) is 0 Å². The maximum atomic E-state index is 5.41. The molecule has 0 bridgehead atoms. The van der Waals surface area contributed by atoms with Gasteiger partial charge >= 0.3 is 0 Å². The van der Waals surface area contributed by atoms with E-state index in [-0.39, 0.29) is 0 Å². The third-order valence-corrected chi connectivity index (χ3v) is 4.42. The molecule has 1 N–H and O–H groups in total. The number of ether oxygens (including phenoxy) is 2. The molecule has 0 atom stereocenters. The van der Waals surface area contributed by atoms with Crippen molar-refractivity contribution in [3.8, 4) is 16.2 Å². The van der Waals surface area contributed by atoms with Crippen molar-refractivity contribution in [2.45, 2.75) is 6.54 Å². The zero-order chi connectivity index (χ0) is 14.5. The second-order valence-electron chi connectivity index (χ2n) is 4.75. The van der Waals surface area contributed by atoms with Gasteiger partial charge in [0.1, 0.15) is 10.8 Å². The fourth-order valence-corrected chi connectivity index (χ4v) is 3.15. The summed E-state index contributed by atoms with van der Waals surface area (Å²) in [4.78, 5) is 5.63. The first-order chi connectivity index (χ1) is 10.4. The van der Waals surface area contributed by atoms with Crippen LogP contribution >= 0.6 is 11.3 Å². The SMILES string of the molecule is COc1ccccc1-c1cnc(CNN2CCOCC2)s1. The zero-order valence-electron chi connectivity index (χ0n) is 12.0. The molecule has 0 unspecified atom stereocenters.